The largest absolute Gasteiger partial charge is 0.492 e. The summed E-state index contributed by atoms with van der Waals surface area (Å²) in [5.41, 5.74) is 6.50. The van der Waals surface area contributed by atoms with Gasteiger partial charge in [0.15, 0.2) is 0 Å². The molecule has 1 aliphatic rings. The molecular formula is C15H22N2O2S. The van der Waals surface area contributed by atoms with Crippen molar-refractivity contribution in [3.8, 4) is 5.75 Å². The number of hydrogen-bond donors (Lipinski definition) is 1. The van der Waals surface area contributed by atoms with E-state index in [1.54, 1.807) is 0 Å². The molecule has 1 aliphatic heterocycles. The van der Waals surface area contributed by atoms with Gasteiger partial charge in [-0.25, -0.2) is 0 Å². The summed E-state index contributed by atoms with van der Waals surface area (Å²) in [4.78, 5) is 2.80. The van der Waals surface area contributed by atoms with Crippen LogP contribution in [0.3, 0.4) is 0 Å². The van der Waals surface area contributed by atoms with E-state index in [0.29, 0.717) is 17.6 Å². The molecule has 0 spiro atoms. The van der Waals surface area contributed by atoms with E-state index in [1.807, 2.05) is 24.3 Å². The van der Waals surface area contributed by atoms with Crippen molar-refractivity contribution in [2.45, 2.75) is 19.4 Å². The maximum atomic E-state index is 5.84. The van der Waals surface area contributed by atoms with Gasteiger partial charge < -0.3 is 15.2 Å². The van der Waals surface area contributed by atoms with Crippen LogP contribution < -0.4 is 10.5 Å². The molecule has 1 saturated heterocycles. The van der Waals surface area contributed by atoms with Gasteiger partial charge in [-0.3, -0.25) is 4.90 Å². The summed E-state index contributed by atoms with van der Waals surface area (Å²) in [6.07, 6.45) is 1.10. The molecule has 5 heteroatoms. The number of hydrogen-bond acceptors (Lipinski definition) is 4. The highest BCUT2D eigenvalue weighted by molar-refractivity contribution is 7.80. The molecule has 1 fully saturated rings. The molecule has 0 aromatic heterocycles. The standard InChI is InChI=1S/C15H22N2O2S/c1-2-12-11-18-9-7-17(12)8-10-19-14-6-4-3-5-13(14)15(16)20/h3-6,12H,2,7-11H2,1H3,(H2,16,20). The summed E-state index contributed by atoms with van der Waals surface area (Å²) < 4.78 is 11.3. The first kappa shape index (κ1) is 15.2. The van der Waals surface area contributed by atoms with E-state index in [4.69, 9.17) is 27.4 Å². The fourth-order valence-electron chi connectivity index (χ4n) is 2.43. The zero-order chi connectivity index (χ0) is 14.4. The predicted octanol–water partition coefficient (Wildman–Crippen LogP) is 1.81. The van der Waals surface area contributed by atoms with Crippen molar-refractivity contribution in [2.75, 3.05) is 32.9 Å². The molecule has 0 bridgehead atoms. The van der Waals surface area contributed by atoms with E-state index >= 15 is 0 Å². The Kier molecular flexibility index (Phi) is 5.76. The minimum atomic E-state index is 0.374. The Morgan fingerprint density at radius 2 is 2.30 bits per heavy atom. The Morgan fingerprint density at radius 3 is 3.05 bits per heavy atom. The zero-order valence-corrected chi connectivity index (χ0v) is 12.7. The Hall–Kier alpha value is -1.17. The summed E-state index contributed by atoms with van der Waals surface area (Å²) in [5, 5.41) is 0. The smallest absolute Gasteiger partial charge is 0.129 e. The predicted molar refractivity (Wildman–Crippen MR) is 84.3 cm³/mol. The van der Waals surface area contributed by atoms with Crippen LogP contribution in [0.15, 0.2) is 24.3 Å². The van der Waals surface area contributed by atoms with E-state index in [0.717, 1.165) is 44.0 Å². The van der Waals surface area contributed by atoms with Gasteiger partial charge in [-0.05, 0) is 18.6 Å². The minimum absolute atomic E-state index is 0.374. The van der Waals surface area contributed by atoms with Gasteiger partial charge in [0.25, 0.3) is 0 Å². The molecule has 2 N–H and O–H groups in total. The first-order valence-electron chi connectivity index (χ1n) is 7.05. The highest BCUT2D eigenvalue weighted by Gasteiger charge is 2.20. The molecule has 4 nitrogen and oxygen atoms in total. The van der Waals surface area contributed by atoms with E-state index in [-0.39, 0.29) is 0 Å². The molecule has 1 heterocycles. The van der Waals surface area contributed by atoms with Gasteiger partial charge in [-0.1, -0.05) is 31.3 Å². The molecule has 1 aromatic rings. The van der Waals surface area contributed by atoms with Gasteiger partial charge in [0.2, 0.25) is 0 Å². The average molecular weight is 294 g/mol. The van der Waals surface area contributed by atoms with Crippen LogP contribution in [0.2, 0.25) is 0 Å². The van der Waals surface area contributed by atoms with Gasteiger partial charge in [0, 0.05) is 19.1 Å². The normalized spacial score (nSPS) is 19.8. The first-order valence-corrected chi connectivity index (χ1v) is 7.46. The van der Waals surface area contributed by atoms with Gasteiger partial charge >= 0.3 is 0 Å². The monoisotopic (exact) mass is 294 g/mol. The molecule has 20 heavy (non-hydrogen) atoms. The van der Waals surface area contributed by atoms with Crippen LogP contribution in [-0.4, -0.2) is 48.8 Å². The number of benzene rings is 1. The summed E-state index contributed by atoms with van der Waals surface area (Å²) >= 11 is 5.03. The van der Waals surface area contributed by atoms with Crippen LogP contribution in [0, 0.1) is 0 Å². The third-order valence-corrected chi connectivity index (χ3v) is 3.83. The number of nitrogens with two attached hydrogens (primary N) is 1. The molecule has 0 radical (unpaired) electrons. The van der Waals surface area contributed by atoms with Gasteiger partial charge in [-0.15, -0.1) is 0 Å². The molecule has 2 rings (SSSR count). The minimum Gasteiger partial charge on any atom is -0.492 e. The van der Waals surface area contributed by atoms with Crippen molar-refractivity contribution in [2.24, 2.45) is 5.73 Å². The van der Waals surface area contributed by atoms with Crippen molar-refractivity contribution in [3.63, 3.8) is 0 Å². The first-order chi connectivity index (χ1) is 9.72. The fraction of sp³-hybridized carbons (Fsp3) is 0.533. The number of morpholine rings is 1. The number of rotatable bonds is 6. The Bertz CT molecular complexity index is 453. The summed E-state index contributed by atoms with van der Waals surface area (Å²) in [7, 11) is 0. The number of thiocarbonyl (C=S) groups is 1. The molecule has 110 valence electrons. The van der Waals surface area contributed by atoms with Crippen molar-refractivity contribution in [1.29, 1.82) is 0 Å². The van der Waals surface area contributed by atoms with Gasteiger partial charge in [-0.2, -0.15) is 0 Å². The van der Waals surface area contributed by atoms with Crippen LogP contribution in [0.4, 0.5) is 0 Å². The molecule has 0 saturated carbocycles. The number of ether oxygens (including phenoxy) is 2. The SMILES string of the molecule is CCC1COCCN1CCOc1ccccc1C(N)=S. The number of para-hydroxylation sites is 1. The topological polar surface area (TPSA) is 47.7 Å². The van der Waals surface area contributed by atoms with Crippen molar-refractivity contribution in [1.82, 2.24) is 4.90 Å². The Balaban J connectivity index is 1.88. The molecule has 0 aliphatic carbocycles. The Labute approximate surface area is 125 Å². The van der Waals surface area contributed by atoms with E-state index in [2.05, 4.69) is 11.8 Å². The van der Waals surface area contributed by atoms with Crippen molar-refractivity contribution < 1.29 is 9.47 Å². The second-order valence-electron chi connectivity index (χ2n) is 4.88. The van der Waals surface area contributed by atoms with Gasteiger partial charge in [0.1, 0.15) is 17.3 Å². The maximum absolute atomic E-state index is 5.84. The second-order valence-corrected chi connectivity index (χ2v) is 5.32. The van der Waals surface area contributed by atoms with Gasteiger partial charge in [0.05, 0.1) is 18.8 Å². The van der Waals surface area contributed by atoms with Crippen LogP contribution in [0.1, 0.15) is 18.9 Å². The molecular weight excluding hydrogens is 272 g/mol. The van der Waals surface area contributed by atoms with Crippen LogP contribution in [0.25, 0.3) is 0 Å². The maximum Gasteiger partial charge on any atom is 0.129 e. The molecule has 1 unspecified atom stereocenters. The molecule has 0 amide bonds. The molecule has 1 aromatic carbocycles. The molecule has 1 atom stereocenters. The summed E-state index contributed by atoms with van der Waals surface area (Å²) in [6.45, 7) is 6.32. The second kappa shape index (κ2) is 7.57. The average Bonchev–Trinajstić information content (AvgIpc) is 2.48. The lowest BCUT2D eigenvalue weighted by Crippen LogP contribution is -2.46. The van der Waals surface area contributed by atoms with Crippen molar-refractivity contribution in [3.05, 3.63) is 29.8 Å². The van der Waals surface area contributed by atoms with Crippen LogP contribution in [0.5, 0.6) is 5.75 Å². The fourth-order valence-corrected chi connectivity index (χ4v) is 2.60. The van der Waals surface area contributed by atoms with E-state index in [1.165, 1.54) is 0 Å². The zero-order valence-electron chi connectivity index (χ0n) is 11.9. The lowest BCUT2D eigenvalue weighted by molar-refractivity contribution is -0.0132. The van der Waals surface area contributed by atoms with Crippen LogP contribution >= 0.6 is 12.2 Å². The van der Waals surface area contributed by atoms with Crippen molar-refractivity contribution >= 4 is 17.2 Å². The third-order valence-electron chi connectivity index (χ3n) is 3.61. The summed E-state index contributed by atoms with van der Waals surface area (Å²) in [6, 6.07) is 8.14. The van der Waals surface area contributed by atoms with E-state index < -0.39 is 0 Å². The Morgan fingerprint density at radius 1 is 1.50 bits per heavy atom. The third kappa shape index (κ3) is 3.91. The summed E-state index contributed by atoms with van der Waals surface area (Å²) in [5.74, 6) is 0.765. The highest BCUT2D eigenvalue weighted by Crippen LogP contribution is 2.18. The lowest BCUT2D eigenvalue weighted by atomic mass is 10.2. The number of nitrogens with zero attached hydrogens (tertiary/aromatic N) is 1. The van der Waals surface area contributed by atoms with Crippen LogP contribution in [-0.2, 0) is 4.74 Å². The highest BCUT2D eigenvalue weighted by atomic mass is 32.1. The van der Waals surface area contributed by atoms with E-state index in [9.17, 15) is 0 Å². The quantitative estimate of drug-likeness (QED) is 0.811. The lowest BCUT2D eigenvalue weighted by Gasteiger charge is -2.34.